The van der Waals surface area contributed by atoms with Gasteiger partial charge in [0.15, 0.2) is 3.79 Å². The van der Waals surface area contributed by atoms with Crippen LogP contribution in [0.2, 0.25) is 0 Å². The van der Waals surface area contributed by atoms with Crippen molar-refractivity contribution in [3.8, 4) is 0 Å². The molecule has 0 bridgehead atoms. The minimum absolute atomic E-state index is 0.0228. The van der Waals surface area contributed by atoms with E-state index in [2.05, 4.69) is 24.0 Å². The van der Waals surface area contributed by atoms with E-state index in [9.17, 15) is 0 Å². The van der Waals surface area contributed by atoms with E-state index in [-0.39, 0.29) is 5.92 Å². The molecular weight excluding hydrogens is 277 g/mol. The van der Waals surface area contributed by atoms with E-state index >= 15 is 0 Å². The minimum Gasteiger partial charge on any atom is -0.358 e. The van der Waals surface area contributed by atoms with Gasteiger partial charge >= 0.3 is 0 Å². The fourth-order valence-electron chi connectivity index (χ4n) is 2.02. The summed E-state index contributed by atoms with van der Waals surface area (Å²) < 4.78 is -1.22. The number of halogens is 3. The fourth-order valence-corrected chi connectivity index (χ4v) is 2.25. The van der Waals surface area contributed by atoms with Gasteiger partial charge in [0.2, 0.25) is 0 Å². The predicted octanol–water partition coefficient (Wildman–Crippen LogP) is 5.03. The quantitative estimate of drug-likeness (QED) is 0.747. The van der Waals surface area contributed by atoms with E-state index in [1.54, 1.807) is 0 Å². The minimum atomic E-state index is -1.22. The normalized spacial score (nSPS) is 14.2. The van der Waals surface area contributed by atoms with Gasteiger partial charge in [-0.25, -0.2) is 0 Å². The van der Waals surface area contributed by atoms with Gasteiger partial charge in [0.1, 0.15) is 0 Å². The molecule has 0 fully saturated rings. The lowest BCUT2D eigenvalue weighted by Crippen LogP contribution is -2.18. The molecule has 0 saturated carbocycles. The van der Waals surface area contributed by atoms with Gasteiger partial charge in [0.05, 0.1) is 0 Å². The zero-order valence-electron chi connectivity index (χ0n) is 9.73. The number of hydrogen-bond acceptors (Lipinski definition) is 0. The largest absolute Gasteiger partial charge is 0.358 e. The maximum atomic E-state index is 5.92. The van der Waals surface area contributed by atoms with Crippen LogP contribution in [0.5, 0.6) is 0 Å². The third-order valence-electron chi connectivity index (χ3n) is 3.10. The molecule has 1 aromatic heterocycles. The molecule has 0 amide bonds. The third-order valence-corrected chi connectivity index (χ3v) is 4.21. The first-order valence-corrected chi connectivity index (χ1v) is 6.66. The van der Waals surface area contributed by atoms with Gasteiger partial charge in [0, 0.05) is 22.5 Å². The number of aromatic amines is 1. The van der Waals surface area contributed by atoms with Crippen LogP contribution in [-0.2, 0) is 6.42 Å². The van der Waals surface area contributed by atoms with Crippen molar-refractivity contribution in [3.05, 3.63) is 35.5 Å². The topological polar surface area (TPSA) is 15.8 Å². The van der Waals surface area contributed by atoms with Gasteiger partial charge < -0.3 is 4.98 Å². The average Bonchev–Trinajstić information content (AvgIpc) is 2.54. The van der Waals surface area contributed by atoms with Crippen LogP contribution < -0.4 is 0 Å². The first-order chi connectivity index (χ1) is 7.89. The Balaban J connectivity index is 2.39. The molecule has 0 saturated heterocycles. The molecule has 1 unspecified atom stereocenters. The van der Waals surface area contributed by atoms with Crippen molar-refractivity contribution in [2.75, 3.05) is 0 Å². The second-order valence-corrected chi connectivity index (χ2v) is 6.79. The van der Waals surface area contributed by atoms with E-state index in [1.807, 2.05) is 19.1 Å². The van der Waals surface area contributed by atoms with Crippen molar-refractivity contribution in [1.82, 2.24) is 4.98 Å². The standard InChI is InChI=1S/C13H14Cl3N/c1-8(13(14,15)16)7-11-9(2)17-12-6-4-3-5-10(11)12/h3-6,8,17H,7H2,1-2H3. The highest BCUT2D eigenvalue weighted by molar-refractivity contribution is 6.67. The predicted molar refractivity (Wildman–Crippen MR) is 76.2 cm³/mol. The molecule has 2 aromatic rings. The summed E-state index contributed by atoms with van der Waals surface area (Å²) in [5, 5.41) is 1.21. The van der Waals surface area contributed by atoms with Crippen molar-refractivity contribution in [3.63, 3.8) is 0 Å². The molecule has 0 spiro atoms. The zero-order chi connectivity index (χ0) is 12.6. The number of alkyl halides is 3. The van der Waals surface area contributed by atoms with Crippen molar-refractivity contribution in [2.45, 2.75) is 24.1 Å². The SMILES string of the molecule is Cc1[nH]c2ccccc2c1CC(C)C(Cl)(Cl)Cl. The fraction of sp³-hybridized carbons (Fsp3) is 0.385. The summed E-state index contributed by atoms with van der Waals surface area (Å²) >= 11 is 17.8. The second kappa shape index (κ2) is 4.72. The number of aromatic nitrogens is 1. The maximum Gasteiger partial charge on any atom is 0.193 e. The molecule has 0 aliphatic carbocycles. The van der Waals surface area contributed by atoms with Gasteiger partial charge in [-0.3, -0.25) is 0 Å². The molecule has 1 aromatic carbocycles. The molecule has 0 aliphatic heterocycles. The number of H-pyrrole nitrogens is 1. The van der Waals surface area contributed by atoms with Crippen molar-refractivity contribution < 1.29 is 0 Å². The highest BCUT2D eigenvalue weighted by atomic mass is 35.6. The number of para-hydroxylation sites is 1. The Kier molecular flexibility index (Phi) is 3.63. The van der Waals surface area contributed by atoms with E-state index in [0.29, 0.717) is 0 Å². The smallest absolute Gasteiger partial charge is 0.193 e. The number of rotatable bonds is 2. The van der Waals surface area contributed by atoms with Crippen LogP contribution in [-0.4, -0.2) is 8.78 Å². The lowest BCUT2D eigenvalue weighted by molar-refractivity contribution is 0.594. The molecule has 0 radical (unpaired) electrons. The molecule has 0 aliphatic rings. The van der Waals surface area contributed by atoms with Gasteiger partial charge in [-0.15, -0.1) is 0 Å². The summed E-state index contributed by atoms with van der Waals surface area (Å²) in [5.74, 6) is -0.0228. The van der Waals surface area contributed by atoms with E-state index < -0.39 is 3.79 Å². The number of fused-ring (bicyclic) bond motifs is 1. The molecule has 92 valence electrons. The van der Waals surface area contributed by atoms with Crippen LogP contribution >= 0.6 is 34.8 Å². The molecule has 1 heterocycles. The molecule has 1 atom stereocenters. The Morgan fingerprint density at radius 2 is 1.88 bits per heavy atom. The first kappa shape index (κ1) is 13.1. The van der Waals surface area contributed by atoms with Gasteiger partial charge in [-0.2, -0.15) is 0 Å². The average molecular weight is 291 g/mol. The summed E-state index contributed by atoms with van der Waals surface area (Å²) in [7, 11) is 0. The Morgan fingerprint density at radius 3 is 2.53 bits per heavy atom. The van der Waals surface area contributed by atoms with E-state index in [1.165, 1.54) is 10.9 Å². The maximum absolute atomic E-state index is 5.92. The number of hydrogen-bond donors (Lipinski definition) is 1. The van der Waals surface area contributed by atoms with Crippen LogP contribution in [0.3, 0.4) is 0 Å². The molecule has 2 rings (SSSR count). The van der Waals surface area contributed by atoms with Crippen molar-refractivity contribution in [2.24, 2.45) is 5.92 Å². The van der Waals surface area contributed by atoms with Gasteiger partial charge in [-0.1, -0.05) is 59.9 Å². The monoisotopic (exact) mass is 289 g/mol. The van der Waals surface area contributed by atoms with Crippen LogP contribution in [0.25, 0.3) is 10.9 Å². The summed E-state index contributed by atoms with van der Waals surface area (Å²) in [4.78, 5) is 3.35. The Bertz CT molecular complexity index is 525. The molecular formula is C13H14Cl3N. The van der Waals surface area contributed by atoms with Crippen molar-refractivity contribution in [1.29, 1.82) is 0 Å². The van der Waals surface area contributed by atoms with E-state index in [4.69, 9.17) is 34.8 Å². The highest BCUT2D eigenvalue weighted by Gasteiger charge is 2.29. The van der Waals surface area contributed by atoms with Gasteiger partial charge in [-0.05, 0) is 25.0 Å². The lowest BCUT2D eigenvalue weighted by Gasteiger charge is -2.20. The molecule has 1 N–H and O–H groups in total. The summed E-state index contributed by atoms with van der Waals surface area (Å²) in [6.45, 7) is 4.01. The summed E-state index contributed by atoms with van der Waals surface area (Å²) in [6, 6.07) is 8.20. The Labute approximate surface area is 116 Å². The van der Waals surface area contributed by atoms with Crippen LogP contribution in [0, 0.1) is 12.8 Å². The molecule has 1 nitrogen and oxygen atoms in total. The van der Waals surface area contributed by atoms with Crippen LogP contribution in [0.1, 0.15) is 18.2 Å². The van der Waals surface area contributed by atoms with E-state index in [0.717, 1.165) is 17.6 Å². The number of aryl methyl sites for hydroxylation is 1. The zero-order valence-corrected chi connectivity index (χ0v) is 12.0. The summed E-state index contributed by atoms with van der Waals surface area (Å²) in [6.07, 6.45) is 0.756. The first-order valence-electron chi connectivity index (χ1n) is 5.52. The molecule has 4 heteroatoms. The number of nitrogens with one attached hydrogen (secondary N) is 1. The molecule has 17 heavy (non-hydrogen) atoms. The third kappa shape index (κ3) is 2.73. The lowest BCUT2D eigenvalue weighted by atomic mass is 10.00. The Morgan fingerprint density at radius 1 is 1.24 bits per heavy atom. The number of benzene rings is 1. The Hall–Kier alpha value is -0.370. The van der Waals surface area contributed by atoms with Crippen molar-refractivity contribution >= 4 is 45.7 Å². The van der Waals surface area contributed by atoms with Crippen LogP contribution in [0.4, 0.5) is 0 Å². The van der Waals surface area contributed by atoms with Gasteiger partial charge in [0.25, 0.3) is 0 Å². The highest BCUT2D eigenvalue weighted by Crippen LogP contribution is 2.38. The second-order valence-electron chi connectivity index (χ2n) is 4.42. The van der Waals surface area contributed by atoms with Crippen LogP contribution in [0.15, 0.2) is 24.3 Å². The summed E-state index contributed by atoms with van der Waals surface area (Å²) in [5.41, 5.74) is 3.52.